The molecule has 3 aromatic rings. The van der Waals surface area contributed by atoms with Gasteiger partial charge in [-0.2, -0.15) is 5.10 Å². The molecule has 1 N–H and O–H groups in total. The summed E-state index contributed by atoms with van der Waals surface area (Å²) >= 11 is 0. The van der Waals surface area contributed by atoms with Crippen LogP contribution in [0.2, 0.25) is 0 Å². The maximum Gasteiger partial charge on any atom is 0.257 e. The first-order valence-electron chi connectivity index (χ1n) is 12.3. The quantitative estimate of drug-likeness (QED) is 0.541. The predicted octanol–water partition coefficient (Wildman–Crippen LogP) is 5.00. The van der Waals surface area contributed by atoms with Crippen LogP contribution < -0.4 is 5.32 Å². The maximum atomic E-state index is 13.6. The van der Waals surface area contributed by atoms with Gasteiger partial charge in [0.1, 0.15) is 5.69 Å². The van der Waals surface area contributed by atoms with Crippen molar-refractivity contribution >= 4 is 11.8 Å². The van der Waals surface area contributed by atoms with Gasteiger partial charge in [-0.05, 0) is 57.2 Å². The van der Waals surface area contributed by atoms with Crippen molar-refractivity contribution in [2.45, 2.75) is 52.5 Å². The molecule has 0 aliphatic carbocycles. The summed E-state index contributed by atoms with van der Waals surface area (Å²) in [6.45, 7) is 7.45. The number of amides is 2. The van der Waals surface area contributed by atoms with Crippen molar-refractivity contribution in [1.29, 1.82) is 0 Å². The van der Waals surface area contributed by atoms with Crippen LogP contribution in [0.4, 0.5) is 0 Å². The van der Waals surface area contributed by atoms with Crippen molar-refractivity contribution in [2.75, 3.05) is 13.1 Å². The molecular weight excluding hydrogens is 424 g/mol. The molecule has 0 unspecified atom stereocenters. The highest BCUT2D eigenvalue weighted by Crippen LogP contribution is 2.28. The maximum absolute atomic E-state index is 13.6. The van der Waals surface area contributed by atoms with Crippen molar-refractivity contribution in [2.24, 2.45) is 5.92 Å². The van der Waals surface area contributed by atoms with E-state index in [1.54, 1.807) is 4.68 Å². The van der Waals surface area contributed by atoms with Gasteiger partial charge in [0.2, 0.25) is 5.91 Å². The summed E-state index contributed by atoms with van der Waals surface area (Å²) in [7, 11) is 0. The number of piperidine rings is 1. The molecule has 0 saturated carbocycles. The molecule has 34 heavy (non-hydrogen) atoms. The molecular formula is C28H34N4O2. The Hall–Kier alpha value is -3.41. The molecule has 1 aromatic heterocycles. The number of benzene rings is 2. The summed E-state index contributed by atoms with van der Waals surface area (Å²) in [6, 6.07) is 18.2. The summed E-state index contributed by atoms with van der Waals surface area (Å²) in [5.41, 5.74) is 4.30. The molecule has 2 heterocycles. The van der Waals surface area contributed by atoms with Crippen LogP contribution in [0.1, 0.15) is 55.5 Å². The highest BCUT2D eigenvalue weighted by Gasteiger charge is 2.28. The van der Waals surface area contributed by atoms with E-state index < -0.39 is 0 Å². The molecule has 178 valence electrons. The molecule has 0 bridgehead atoms. The van der Waals surface area contributed by atoms with Gasteiger partial charge in [0.25, 0.3) is 5.91 Å². The zero-order chi connectivity index (χ0) is 24.1. The first-order chi connectivity index (χ1) is 16.4. The van der Waals surface area contributed by atoms with E-state index in [0.717, 1.165) is 36.1 Å². The van der Waals surface area contributed by atoms with Crippen LogP contribution in [-0.2, 0) is 4.79 Å². The highest BCUT2D eigenvalue weighted by atomic mass is 16.2. The second-order valence-electron chi connectivity index (χ2n) is 9.36. The van der Waals surface area contributed by atoms with Crippen LogP contribution in [-0.4, -0.2) is 45.6 Å². The van der Waals surface area contributed by atoms with Crippen molar-refractivity contribution in [3.05, 3.63) is 71.9 Å². The Bertz CT molecular complexity index is 1130. The molecule has 1 atom stereocenters. The van der Waals surface area contributed by atoms with Crippen LogP contribution in [0.5, 0.6) is 0 Å². The van der Waals surface area contributed by atoms with Crippen LogP contribution in [0.3, 0.4) is 0 Å². The van der Waals surface area contributed by atoms with E-state index in [1.807, 2.05) is 73.5 Å². The predicted molar refractivity (Wildman–Crippen MR) is 135 cm³/mol. The molecule has 6 heteroatoms. The third kappa shape index (κ3) is 5.56. The number of likely N-dealkylation sites (tertiary alicyclic amines) is 1. The Morgan fingerprint density at radius 2 is 1.82 bits per heavy atom. The largest absolute Gasteiger partial charge is 0.354 e. The van der Waals surface area contributed by atoms with Crippen molar-refractivity contribution < 1.29 is 9.59 Å². The Labute approximate surface area is 202 Å². The topological polar surface area (TPSA) is 67.2 Å². The highest BCUT2D eigenvalue weighted by molar-refractivity contribution is 6.00. The smallest absolute Gasteiger partial charge is 0.257 e. The molecule has 0 radical (unpaired) electrons. The molecule has 4 rings (SSSR count). The van der Waals surface area contributed by atoms with E-state index >= 15 is 0 Å². The second kappa shape index (κ2) is 10.7. The zero-order valence-electron chi connectivity index (χ0n) is 20.3. The lowest BCUT2D eigenvalue weighted by molar-refractivity contribution is -0.122. The molecule has 6 nitrogen and oxygen atoms in total. The summed E-state index contributed by atoms with van der Waals surface area (Å²) in [6.07, 6.45) is 4.99. The second-order valence-corrected chi connectivity index (χ2v) is 9.36. The summed E-state index contributed by atoms with van der Waals surface area (Å²) < 4.78 is 1.79. The number of carbonyl (C=O) groups is 2. The van der Waals surface area contributed by atoms with Gasteiger partial charge in [0.15, 0.2) is 0 Å². The van der Waals surface area contributed by atoms with Gasteiger partial charge in [0, 0.05) is 37.3 Å². The number of hydrogen-bond acceptors (Lipinski definition) is 3. The fourth-order valence-electron chi connectivity index (χ4n) is 4.46. The minimum atomic E-state index is 0.00111. The summed E-state index contributed by atoms with van der Waals surface area (Å²) in [4.78, 5) is 27.8. The standard InChI is InChI=1S/C28H34N4O2/c1-4-21(3)29-26(33)18-22-13-15-31(16-14-22)28(34)25-19-32(24-11-6-5-7-12-24)30-27(25)23-10-8-9-20(2)17-23/h5-12,17,19,21-22H,4,13-16,18H2,1-3H3,(H,29,33)/t21-/m1/s1. The number of aromatic nitrogens is 2. The van der Waals surface area contributed by atoms with Crippen LogP contribution >= 0.6 is 0 Å². The SMILES string of the molecule is CC[C@@H](C)NC(=O)CC1CCN(C(=O)c2cn(-c3ccccc3)nc2-c2cccc(C)c2)CC1. The third-order valence-electron chi connectivity index (χ3n) is 6.65. The monoisotopic (exact) mass is 458 g/mol. The Morgan fingerprint density at radius 1 is 1.09 bits per heavy atom. The third-order valence-corrected chi connectivity index (χ3v) is 6.65. The fourth-order valence-corrected chi connectivity index (χ4v) is 4.46. The summed E-state index contributed by atoms with van der Waals surface area (Å²) in [5.74, 6) is 0.433. The van der Waals surface area contributed by atoms with Gasteiger partial charge in [-0.1, -0.05) is 48.9 Å². The zero-order valence-corrected chi connectivity index (χ0v) is 20.3. The number of carbonyl (C=O) groups excluding carboxylic acids is 2. The van der Waals surface area contributed by atoms with Gasteiger partial charge in [0.05, 0.1) is 11.3 Å². The van der Waals surface area contributed by atoms with E-state index in [-0.39, 0.29) is 17.9 Å². The number of nitrogens with one attached hydrogen (secondary N) is 1. The van der Waals surface area contributed by atoms with Crippen molar-refractivity contribution in [3.63, 3.8) is 0 Å². The van der Waals surface area contributed by atoms with E-state index in [9.17, 15) is 9.59 Å². The minimum absolute atomic E-state index is 0.00111. The van der Waals surface area contributed by atoms with Gasteiger partial charge < -0.3 is 10.2 Å². The number of rotatable bonds is 7. The number of para-hydroxylation sites is 1. The van der Waals surface area contributed by atoms with Crippen LogP contribution in [0.25, 0.3) is 16.9 Å². The average molecular weight is 459 g/mol. The summed E-state index contributed by atoms with van der Waals surface area (Å²) in [5, 5.41) is 7.87. The first-order valence-corrected chi connectivity index (χ1v) is 12.3. The van der Waals surface area contributed by atoms with Gasteiger partial charge in [-0.3, -0.25) is 9.59 Å². The van der Waals surface area contributed by atoms with Crippen molar-refractivity contribution in [3.8, 4) is 16.9 Å². The lowest BCUT2D eigenvalue weighted by atomic mass is 9.92. The Morgan fingerprint density at radius 3 is 2.50 bits per heavy atom. The molecule has 1 aliphatic rings. The Balaban J connectivity index is 1.51. The molecule has 1 aliphatic heterocycles. The first kappa shape index (κ1) is 23.7. The molecule has 1 fully saturated rings. The lowest BCUT2D eigenvalue weighted by Crippen LogP contribution is -2.40. The molecule has 1 saturated heterocycles. The average Bonchev–Trinajstić information content (AvgIpc) is 3.30. The number of hydrogen-bond donors (Lipinski definition) is 1. The van der Waals surface area contributed by atoms with Gasteiger partial charge >= 0.3 is 0 Å². The Kier molecular flexibility index (Phi) is 7.46. The normalized spacial score (nSPS) is 15.2. The van der Waals surface area contributed by atoms with Gasteiger partial charge in [-0.25, -0.2) is 4.68 Å². The molecule has 0 spiro atoms. The van der Waals surface area contributed by atoms with Crippen LogP contribution in [0.15, 0.2) is 60.8 Å². The minimum Gasteiger partial charge on any atom is -0.354 e. The fraction of sp³-hybridized carbons (Fsp3) is 0.393. The van der Waals surface area contributed by atoms with Crippen LogP contribution in [0, 0.1) is 12.8 Å². The molecule has 2 amide bonds. The lowest BCUT2D eigenvalue weighted by Gasteiger charge is -2.32. The van der Waals surface area contributed by atoms with E-state index in [1.165, 1.54) is 0 Å². The van der Waals surface area contributed by atoms with E-state index in [4.69, 9.17) is 5.10 Å². The number of nitrogens with zero attached hydrogens (tertiary/aromatic N) is 3. The number of aryl methyl sites for hydroxylation is 1. The van der Waals surface area contributed by atoms with E-state index in [2.05, 4.69) is 18.3 Å². The van der Waals surface area contributed by atoms with Crippen molar-refractivity contribution in [1.82, 2.24) is 20.0 Å². The van der Waals surface area contributed by atoms with E-state index in [0.29, 0.717) is 36.7 Å². The molecule has 2 aromatic carbocycles. The van der Waals surface area contributed by atoms with Gasteiger partial charge in [-0.15, -0.1) is 0 Å².